The van der Waals surface area contributed by atoms with Crippen LogP contribution in [0.5, 0.6) is 5.75 Å². The topological polar surface area (TPSA) is 110 Å². The molecule has 1 aromatic carbocycles. The predicted molar refractivity (Wildman–Crippen MR) is 100 cm³/mol. The third-order valence-electron chi connectivity index (χ3n) is 4.59. The lowest BCUT2D eigenvalue weighted by Crippen LogP contribution is -2.47. The summed E-state index contributed by atoms with van der Waals surface area (Å²) in [6, 6.07) is 1.94. The van der Waals surface area contributed by atoms with Gasteiger partial charge in [0.25, 0.3) is 5.91 Å². The van der Waals surface area contributed by atoms with Crippen LogP contribution >= 0.6 is 0 Å². The van der Waals surface area contributed by atoms with E-state index in [2.05, 4.69) is 10.0 Å². The highest BCUT2D eigenvalue weighted by molar-refractivity contribution is 7.89. The average Bonchev–Trinajstić information content (AvgIpc) is 2.92. The molecule has 8 nitrogen and oxygen atoms in total. The van der Waals surface area contributed by atoms with Crippen molar-refractivity contribution < 1.29 is 31.8 Å². The number of aliphatic hydroxyl groups is 1. The average molecular weight is 429 g/mol. The molecule has 2 heterocycles. The van der Waals surface area contributed by atoms with Gasteiger partial charge in [-0.05, 0) is 18.1 Å². The lowest BCUT2D eigenvalue weighted by molar-refractivity contribution is 0.0709. The number of halogens is 2. The van der Waals surface area contributed by atoms with E-state index in [0.717, 1.165) is 12.1 Å². The number of ether oxygens (including phenoxy) is 1. The van der Waals surface area contributed by atoms with Crippen molar-refractivity contribution in [3.05, 3.63) is 41.7 Å². The third kappa shape index (κ3) is 4.11. The molecule has 0 bridgehead atoms. The first-order valence-electron chi connectivity index (χ1n) is 8.80. The molecule has 2 unspecified atom stereocenters. The van der Waals surface area contributed by atoms with Gasteiger partial charge in [0.2, 0.25) is 10.0 Å². The maximum absolute atomic E-state index is 13.4. The van der Waals surface area contributed by atoms with Crippen molar-refractivity contribution in [2.45, 2.75) is 30.9 Å². The summed E-state index contributed by atoms with van der Waals surface area (Å²) < 4.78 is 61.2. The van der Waals surface area contributed by atoms with Gasteiger partial charge in [-0.1, -0.05) is 13.8 Å². The van der Waals surface area contributed by atoms with Crippen molar-refractivity contribution in [2.75, 3.05) is 11.9 Å². The normalized spacial score (nSPS) is 19.2. The lowest BCUT2D eigenvalue weighted by atomic mass is 10.0. The second-order valence-corrected chi connectivity index (χ2v) is 8.82. The number of carbonyl (C=O) groups is 1. The predicted octanol–water partition coefficient (Wildman–Crippen LogP) is 1.61. The number of sulfonamides is 1. The molecule has 1 aliphatic rings. The first-order chi connectivity index (χ1) is 13.5. The minimum atomic E-state index is -4.07. The zero-order chi connectivity index (χ0) is 21.5. The van der Waals surface area contributed by atoms with Gasteiger partial charge >= 0.3 is 0 Å². The van der Waals surface area contributed by atoms with Gasteiger partial charge in [-0.2, -0.15) is 0 Å². The molecule has 2 atom stereocenters. The van der Waals surface area contributed by atoms with Crippen LogP contribution < -0.4 is 14.8 Å². The quantitative estimate of drug-likeness (QED) is 0.684. The molecule has 0 saturated carbocycles. The zero-order valence-corrected chi connectivity index (χ0v) is 16.8. The van der Waals surface area contributed by atoms with Gasteiger partial charge in [0.05, 0.1) is 12.1 Å². The van der Waals surface area contributed by atoms with Crippen LogP contribution in [0.4, 0.5) is 14.5 Å². The summed E-state index contributed by atoms with van der Waals surface area (Å²) in [5.41, 5.74) is -0.124. The van der Waals surface area contributed by atoms with Crippen LogP contribution in [-0.4, -0.2) is 42.8 Å². The summed E-state index contributed by atoms with van der Waals surface area (Å²) in [6.45, 7) is 3.27. The molecule has 3 N–H and O–H groups in total. The molecule has 1 amide bonds. The fourth-order valence-electron chi connectivity index (χ4n) is 3.04. The van der Waals surface area contributed by atoms with Gasteiger partial charge in [0.1, 0.15) is 11.5 Å². The van der Waals surface area contributed by atoms with E-state index in [1.165, 1.54) is 23.9 Å². The van der Waals surface area contributed by atoms with Crippen LogP contribution in [0.1, 0.15) is 24.3 Å². The minimum Gasteiger partial charge on any atom is -0.488 e. The van der Waals surface area contributed by atoms with E-state index >= 15 is 0 Å². The van der Waals surface area contributed by atoms with Crippen molar-refractivity contribution in [1.82, 2.24) is 9.29 Å². The molecule has 158 valence electrons. The van der Waals surface area contributed by atoms with Crippen LogP contribution in [0.2, 0.25) is 0 Å². The number of fused-ring (bicyclic) bond motifs is 1. The highest BCUT2D eigenvalue weighted by Crippen LogP contribution is 2.33. The number of nitrogens with one attached hydrogen (secondary N) is 2. The van der Waals surface area contributed by atoms with E-state index in [1.54, 1.807) is 13.8 Å². The Morgan fingerprint density at radius 2 is 2.03 bits per heavy atom. The van der Waals surface area contributed by atoms with E-state index in [4.69, 9.17) is 4.74 Å². The first-order valence-corrected chi connectivity index (χ1v) is 10.3. The largest absolute Gasteiger partial charge is 0.488 e. The van der Waals surface area contributed by atoms with Crippen LogP contribution in [0, 0.1) is 17.6 Å². The monoisotopic (exact) mass is 429 g/mol. The first kappa shape index (κ1) is 21.2. The number of carbonyl (C=O) groups excluding carboxylic acids is 1. The third-order valence-corrected chi connectivity index (χ3v) is 6.08. The number of aromatic nitrogens is 1. The van der Waals surface area contributed by atoms with Crippen molar-refractivity contribution in [3.8, 4) is 5.75 Å². The van der Waals surface area contributed by atoms with E-state index < -0.39 is 39.7 Å². The van der Waals surface area contributed by atoms with Crippen molar-refractivity contribution in [1.29, 1.82) is 0 Å². The molecule has 0 spiro atoms. The number of hydrogen-bond acceptors (Lipinski definition) is 5. The number of aryl methyl sites for hydroxylation is 1. The Morgan fingerprint density at radius 3 is 2.66 bits per heavy atom. The maximum Gasteiger partial charge on any atom is 0.276 e. The van der Waals surface area contributed by atoms with Crippen molar-refractivity contribution >= 4 is 21.6 Å². The molecule has 2 aromatic rings. The number of hydrogen-bond donors (Lipinski definition) is 3. The summed E-state index contributed by atoms with van der Waals surface area (Å²) in [5, 5.41) is 12.6. The molecular formula is C18H21F2N3O5S. The fraction of sp³-hybridized carbons (Fsp3) is 0.389. The molecular weight excluding hydrogens is 408 g/mol. The number of amides is 1. The van der Waals surface area contributed by atoms with Crippen molar-refractivity contribution in [2.24, 2.45) is 13.0 Å². The standard InChI is InChI=1S/C18H21F2N3O5S/c1-9(2)16(24)13-8-28-17-14(29(26,27)22-13)7-23(3)15(17)18(25)21-10-4-5-11(19)12(20)6-10/h4-7,9,13,16,22,24H,8H2,1-3H3,(H,21,25). The van der Waals surface area contributed by atoms with Gasteiger partial charge in [0, 0.05) is 25.0 Å². The molecule has 29 heavy (non-hydrogen) atoms. The Balaban J connectivity index is 1.95. The molecule has 0 fully saturated rings. The number of rotatable bonds is 4. The zero-order valence-electron chi connectivity index (χ0n) is 15.9. The summed E-state index contributed by atoms with van der Waals surface area (Å²) in [4.78, 5) is 12.5. The van der Waals surface area contributed by atoms with Gasteiger partial charge in [-0.15, -0.1) is 0 Å². The van der Waals surface area contributed by atoms with E-state index in [-0.39, 0.29) is 34.6 Å². The SMILES string of the molecule is CC(C)C(O)C1COc2c(cn(C)c2C(=O)Nc2ccc(F)c(F)c2)S(=O)(=O)N1. The summed E-state index contributed by atoms with van der Waals surface area (Å²) in [6.07, 6.45) is 0.212. The Kier molecular flexibility index (Phi) is 5.65. The Morgan fingerprint density at radius 1 is 1.34 bits per heavy atom. The van der Waals surface area contributed by atoms with E-state index in [1.807, 2.05) is 0 Å². The van der Waals surface area contributed by atoms with Crippen LogP contribution in [0.15, 0.2) is 29.3 Å². The van der Waals surface area contributed by atoms with Gasteiger partial charge < -0.3 is 19.7 Å². The molecule has 1 aliphatic heterocycles. The van der Waals surface area contributed by atoms with Crippen LogP contribution in [-0.2, 0) is 17.1 Å². The Hall–Kier alpha value is -2.50. The fourth-order valence-corrected chi connectivity index (χ4v) is 4.47. The van der Waals surface area contributed by atoms with Gasteiger partial charge in [0.15, 0.2) is 23.1 Å². The molecule has 0 radical (unpaired) electrons. The lowest BCUT2D eigenvalue weighted by Gasteiger charge is -2.24. The van der Waals surface area contributed by atoms with Crippen LogP contribution in [0.25, 0.3) is 0 Å². The number of benzene rings is 1. The molecule has 3 rings (SSSR count). The maximum atomic E-state index is 13.4. The van der Waals surface area contributed by atoms with Gasteiger partial charge in [-0.25, -0.2) is 21.9 Å². The van der Waals surface area contributed by atoms with Crippen molar-refractivity contribution in [3.63, 3.8) is 0 Å². The molecule has 0 aliphatic carbocycles. The summed E-state index contributed by atoms with van der Waals surface area (Å²) in [7, 11) is -2.62. The molecule has 11 heteroatoms. The second kappa shape index (κ2) is 7.73. The Bertz CT molecular complexity index is 1050. The molecule has 0 saturated heterocycles. The highest BCUT2D eigenvalue weighted by Gasteiger charge is 2.37. The number of anilines is 1. The number of nitrogens with zero attached hydrogens (tertiary/aromatic N) is 1. The minimum absolute atomic E-state index is 0.00781. The summed E-state index contributed by atoms with van der Waals surface area (Å²) >= 11 is 0. The molecule has 1 aromatic heterocycles. The van der Waals surface area contributed by atoms with Gasteiger partial charge in [-0.3, -0.25) is 4.79 Å². The van der Waals surface area contributed by atoms with Crippen LogP contribution in [0.3, 0.4) is 0 Å². The highest BCUT2D eigenvalue weighted by atomic mass is 32.2. The smallest absolute Gasteiger partial charge is 0.276 e. The van der Waals surface area contributed by atoms with E-state index in [9.17, 15) is 27.1 Å². The Labute approximate surface area is 166 Å². The number of aliphatic hydroxyl groups excluding tert-OH is 1. The summed E-state index contributed by atoms with van der Waals surface area (Å²) in [5.74, 6) is -3.38. The van der Waals surface area contributed by atoms with E-state index in [0.29, 0.717) is 0 Å². The second-order valence-electron chi connectivity index (χ2n) is 7.14.